The summed E-state index contributed by atoms with van der Waals surface area (Å²) in [5, 5.41) is 6.47. The summed E-state index contributed by atoms with van der Waals surface area (Å²) in [4.78, 5) is 6.74. The first-order valence-electron chi connectivity index (χ1n) is 9.49. The fraction of sp³-hybridized carbons (Fsp3) is 0.526. The van der Waals surface area contributed by atoms with Gasteiger partial charge in [-0.25, -0.2) is 5.14 Å². The molecule has 1 aromatic heterocycles. The predicted molar refractivity (Wildman–Crippen MR) is 108 cm³/mol. The van der Waals surface area contributed by atoms with Crippen molar-refractivity contribution in [3.8, 4) is 11.5 Å². The highest BCUT2D eigenvalue weighted by Crippen LogP contribution is 2.38. The number of nitrogens with two attached hydrogens (primary N) is 1. The molecule has 152 valence electrons. The van der Waals surface area contributed by atoms with Gasteiger partial charge >= 0.3 is 0 Å². The van der Waals surface area contributed by atoms with Crippen LogP contribution in [-0.2, 0) is 10.2 Å². The molecule has 2 fully saturated rings. The van der Waals surface area contributed by atoms with Crippen LogP contribution in [0.3, 0.4) is 0 Å². The number of fused-ring (bicyclic) bond motifs is 1. The fourth-order valence-electron chi connectivity index (χ4n) is 4.14. The van der Waals surface area contributed by atoms with Gasteiger partial charge in [0.2, 0.25) is 0 Å². The summed E-state index contributed by atoms with van der Waals surface area (Å²) in [6.45, 7) is 1.52. The van der Waals surface area contributed by atoms with Gasteiger partial charge in [-0.3, -0.25) is 4.98 Å². The lowest BCUT2D eigenvalue weighted by Crippen LogP contribution is -2.50. The third-order valence-corrected chi connectivity index (χ3v) is 6.77. The minimum Gasteiger partial charge on any atom is -0.493 e. The van der Waals surface area contributed by atoms with E-state index in [0.717, 1.165) is 55.4 Å². The van der Waals surface area contributed by atoms with E-state index in [0.29, 0.717) is 11.5 Å². The zero-order valence-electron chi connectivity index (χ0n) is 16.2. The van der Waals surface area contributed by atoms with Crippen molar-refractivity contribution in [2.24, 2.45) is 5.14 Å². The third kappa shape index (κ3) is 3.61. The van der Waals surface area contributed by atoms with E-state index < -0.39 is 10.2 Å². The maximum absolute atomic E-state index is 12.0. The van der Waals surface area contributed by atoms with E-state index in [1.807, 2.05) is 18.2 Å². The number of pyridine rings is 1. The average molecular weight is 407 g/mol. The molecular weight excluding hydrogens is 380 g/mol. The highest BCUT2D eigenvalue weighted by atomic mass is 32.2. The van der Waals surface area contributed by atoms with Crippen LogP contribution in [0.15, 0.2) is 24.4 Å². The zero-order valence-corrected chi connectivity index (χ0v) is 17.0. The standard InChI is InChI=1S/C19H26N4O4S/c1-26-18-11-15-16(12-19(18)27-2)21-8-5-17(15)22-9-6-14(7-10-22)23(13-3-4-13)28(20,24)25/h5,8,11-14H,3-4,6-7,9-10H2,1-2H3,(H2,20,24,25). The Labute approximate surface area is 165 Å². The van der Waals surface area contributed by atoms with Gasteiger partial charge in [0.1, 0.15) is 0 Å². The van der Waals surface area contributed by atoms with Crippen LogP contribution in [0.2, 0.25) is 0 Å². The lowest BCUT2D eigenvalue weighted by Gasteiger charge is -2.38. The fourth-order valence-corrected chi connectivity index (χ4v) is 5.39. The lowest BCUT2D eigenvalue weighted by molar-refractivity contribution is 0.267. The molecule has 1 saturated carbocycles. The monoisotopic (exact) mass is 406 g/mol. The van der Waals surface area contributed by atoms with Crippen molar-refractivity contribution in [1.29, 1.82) is 0 Å². The van der Waals surface area contributed by atoms with Gasteiger partial charge in [0.25, 0.3) is 10.2 Å². The Bertz CT molecular complexity index is 969. The first-order chi connectivity index (χ1) is 13.4. The number of nitrogens with zero attached hydrogens (tertiary/aromatic N) is 3. The predicted octanol–water partition coefficient (Wildman–Crippen LogP) is 1.89. The Morgan fingerprint density at radius 1 is 1.07 bits per heavy atom. The van der Waals surface area contributed by atoms with Crippen molar-refractivity contribution in [3.63, 3.8) is 0 Å². The van der Waals surface area contributed by atoms with Crippen molar-refractivity contribution in [3.05, 3.63) is 24.4 Å². The molecule has 0 amide bonds. The Morgan fingerprint density at radius 3 is 2.25 bits per heavy atom. The molecule has 0 spiro atoms. The van der Waals surface area contributed by atoms with Crippen LogP contribution in [-0.4, -0.2) is 57.1 Å². The van der Waals surface area contributed by atoms with Gasteiger partial charge in [0.15, 0.2) is 11.5 Å². The highest BCUT2D eigenvalue weighted by molar-refractivity contribution is 7.86. The second-order valence-electron chi connectivity index (χ2n) is 7.38. The highest BCUT2D eigenvalue weighted by Gasteiger charge is 2.41. The summed E-state index contributed by atoms with van der Waals surface area (Å²) in [5.74, 6) is 1.31. The number of ether oxygens (including phenoxy) is 2. The number of benzene rings is 1. The van der Waals surface area contributed by atoms with Gasteiger partial charge in [-0.05, 0) is 37.8 Å². The quantitative estimate of drug-likeness (QED) is 0.787. The van der Waals surface area contributed by atoms with Crippen LogP contribution in [0.5, 0.6) is 11.5 Å². The van der Waals surface area contributed by atoms with E-state index in [1.165, 1.54) is 0 Å². The summed E-state index contributed by atoms with van der Waals surface area (Å²) >= 11 is 0. The molecule has 9 heteroatoms. The molecule has 1 saturated heterocycles. The molecule has 8 nitrogen and oxygen atoms in total. The van der Waals surface area contributed by atoms with Gasteiger partial charge in [-0.15, -0.1) is 0 Å². The summed E-state index contributed by atoms with van der Waals surface area (Å²) in [7, 11) is -0.438. The zero-order chi connectivity index (χ0) is 19.9. The van der Waals surface area contributed by atoms with Gasteiger partial charge in [-0.1, -0.05) is 0 Å². The molecule has 2 heterocycles. The molecule has 2 aromatic rings. The first-order valence-corrected chi connectivity index (χ1v) is 11.0. The number of rotatable bonds is 6. The van der Waals surface area contributed by atoms with E-state index in [1.54, 1.807) is 24.7 Å². The summed E-state index contributed by atoms with van der Waals surface area (Å²) in [5.41, 5.74) is 1.90. The molecule has 1 aliphatic heterocycles. The Hall–Kier alpha value is -2.10. The second kappa shape index (κ2) is 7.38. The van der Waals surface area contributed by atoms with E-state index in [2.05, 4.69) is 9.88 Å². The smallest absolute Gasteiger partial charge is 0.277 e. The van der Waals surface area contributed by atoms with Crippen LogP contribution in [0.25, 0.3) is 10.9 Å². The molecule has 0 radical (unpaired) electrons. The molecule has 0 atom stereocenters. The Morgan fingerprint density at radius 2 is 1.68 bits per heavy atom. The molecule has 0 bridgehead atoms. The van der Waals surface area contributed by atoms with Crippen LogP contribution in [0, 0.1) is 0 Å². The van der Waals surface area contributed by atoms with Gasteiger partial charge in [0, 0.05) is 48.5 Å². The number of methoxy groups -OCH3 is 2. The van der Waals surface area contributed by atoms with Crippen molar-refractivity contribution in [2.45, 2.75) is 37.8 Å². The maximum Gasteiger partial charge on any atom is 0.277 e. The largest absolute Gasteiger partial charge is 0.493 e. The van der Waals surface area contributed by atoms with E-state index in [4.69, 9.17) is 14.6 Å². The average Bonchev–Trinajstić information content (AvgIpc) is 3.50. The van der Waals surface area contributed by atoms with Crippen LogP contribution >= 0.6 is 0 Å². The number of hydrogen-bond acceptors (Lipinski definition) is 6. The molecule has 0 unspecified atom stereocenters. The van der Waals surface area contributed by atoms with E-state index >= 15 is 0 Å². The number of hydrogen-bond donors (Lipinski definition) is 1. The van der Waals surface area contributed by atoms with Gasteiger partial charge < -0.3 is 14.4 Å². The van der Waals surface area contributed by atoms with Crippen LogP contribution in [0.1, 0.15) is 25.7 Å². The summed E-state index contributed by atoms with van der Waals surface area (Å²) in [6.07, 6.45) is 5.12. The van der Waals surface area contributed by atoms with Crippen molar-refractivity contribution in [2.75, 3.05) is 32.2 Å². The number of piperidine rings is 1. The molecule has 4 rings (SSSR count). The van der Waals surface area contributed by atoms with Crippen LogP contribution in [0.4, 0.5) is 5.69 Å². The minimum atomic E-state index is -3.66. The maximum atomic E-state index is 12.0. The molecule has 2 N–H and O–H groups in total. The lowest BCUT2D eigenvalue weighted by atomic mass is 10.0. The van der Waals surface area contributed by atoms with E-state index in [-0.39, 0.29) is 12.1 Å². The normalized spacial score (nSPS) is 18.6. The summed E-state index contributed by atoms with van der Waals surface area (Å²) in [6, 6.07) is 5.88. The summed E-state index contributed by atoms with van der Waals surface area (Å²) < 4.78 is 36.4. The molecule has 1 aliphatic carbocycles. The third-order valence-electron chi connectivity index (χ3n) is 5.59. The molecular formula is C19H26N4O4S. The topological polar surface area (TPSA) is 98.0 Å². The van der Waals surface area contributed by atoms with Crippen molar-refractivity contribution >= 4 is 26.8 Å². The molecule has 2 aliphatic rings. The minimum absolute atomic E-state index is 0.0264. The van der Waals surface area contributed by atoms with Crippen molar-refractivity contribution < 1.29 is 17.9 Å². The van der Waals surface area contributed by atoms with E-state index in [9.17, 15) is 8.42 Å². The second-order valence-corrected chi connectivity index (χ2v) is 8.83. The van der Waals surface area contributed by atoms with Gasteiger partial charge in [0.05, 0.1) is 19.7 Å². The van der Waals surface area contributed by atoms with Crippen LogP contribution < -0.4 is 19.5 Å². The number of anilines is 1. The Kier molecular flexibility index (Phi) is 5.07. The first kappa shape index (κ1) is 19.2. The Balaban J connectivity index is 1.58. The molecule has 1 aromatic carbocycles. The number of aromatic nitrogens is 1. The van der Waals surface area contributed by atoms with Crippen molar-refractivity contribution in [1.82, 2.24) is 9.29 Å². The van der Waals surface area contributed by atoms with Gasteiger partial charge in [-0.2, -0.15) is 12.7 Å². The molecule has 28 heavy (non-hydrogen) atoms. The SMILES string of the molecule is COc1cc2nccc(N3CCC(N(C4CC4)S(N)(=O)=O)CC3)c2cc1OC.